The van der Waals surface area contributed by atoms with E-state index < -0.39 is 0 Å². The average molecular weight is 353 g/mol. The Hall–Kier alpha value is -2.53. The van der Waals surface area contributed by atoms with Gasteiger partial charge in [-0.1, -0.05) is 6.07 Å². The molecule has 2 heterocycles. The summed E-state index contributed by atoms with van der Waals surface area (Å²) in [5.41, 5.74) is 4.60. The van der Waals surface area contributed by atoms with Gasteiger partial charge in [0, 0.05) is 23.8 Å². The van der Waals surface area contributed by atoms with E-state index in [1.54, 1.807) is 25.6 Å². The summed E-state index contributed by atoms with van der Waals surface area (Å²) in [6.07, 6.45) is 1.75. The highest BCUT2D eigenvalue weighted by Crippen LogP contribution is 2.32. The van der Waals surface area contributed by atoms with Crippen LogP contribution in [0.15, 0.2) is 41.8 Å². The monoisotopic (exact) mass is 353 g/mol. The van der Waals surface area contributed by atoms with Crippen molar-refractivity contribution in [1.29, 1.82) is 0 Å². The van der Waals surface area contributed by atoms with Gasteiger partial charge in [0.2, 0.25) is 0 Å². The quantitative estimate of drug-likeness (QED) is 0.684. The number of nitrogens with zero attached hydrogens (tertiary/aromatic N) is 1. The van der Waals surface area contributed by atoms with E-state index in [0.717, 1.165) is 58.5 Å². The third-order valence-corrected chi connectivity index (χ3v) is 5.19. The van der Waals surface area contributed by atoms with Crippen LogP contribution in [0.5, 0.6) is 17.2 Å². The number of benzene rings is 2. The Balaban J connectivity index is 1.55. The number of fused-ring (bicyclic) bond motifs is 1. The number of rotatable bonds is 5. The van der Waals surface area contributed by atoms with Crippen molar-refractivity contribution in [1.82, 2.24) is 4.98 Å². The Labute approximate surface area is 151 Å². The van der Waals surface area contributed by atoms with Crippen molar-refractivity contribution in [2.24, 2.45) is 0 Å². The molecule has 1 aliphatic heterocycles. The van der Waals surface area contributed by atoms with Crippen LogP contribution in [0.2, 0.25) is 0 Å². The molecule has 5 heteroatoms. The summed E-state index contributed by atoms with van der Waals surface area (Å²) in [5.74, 6) is 2.49. The first-order chi connectivity index (χ1) is 12.3. The Morgan fingerprint density at radius 2 is 1.96 bits per heavy atom. The summed E-state index contributed by atoms with van der Waals surface area (Å²) in [7, 11) is 3.30. The van der Waals surface area contributed by atoms with Crippen molar-refractivity contribution in [2.45, 2.75) is 12.8 Å². The predicted octanol–water partition coefficient (Wildman–Crippen LogP) is 4.35. The standard InChI is InChI=1S/C20H19NO3S/c1-22-18-5-3-13(9-19(18)23-2)10-20-21-16(12-25-20)14-4-6-17-15(11-14)7-8-24-17/h3-6,9,11-12H,7-8,10H2,1-2H3. The molecule has 0 amide bonds. The van der Waals surface area contributed by atoms with Gasteiger partial charge >= 0.3 is 0 Å². The van der Waals surface area contributed by atoms with Gasteiger partial charge < -0.3 is 14.2 Å². The molecule has 0 N–H and O–H groups in total. The normalized spacial score (nSPS) is 12.6. The topological polar surface area (TPSA) is 40.6 Å². The smallest absolute Gasteiger partial charge is 0.160 e. The lowest BCUT2D eigenvalue weighted by Gasteiger charge is -2.08. The minimum absolute atomic E-state index is 0.742. The summed E-state index contributed by atoms with van der Waals surface area (Å²) >= 11 is 1.68. The molecule has 25 heavy (non-hydrogen) atoms. The summed E-state index contributed by atoms with van der Waals surface area (Å²) < 4.78 is 16.2. The average Bonchev–Trinajstić information content (AvgIpc) is 3.30. The van der Waals surface area contributed by atoms with Crippen molar-refractivity contribution >= 4 is 11.3 Å². The number of methoxy groups -OCH3 is 2. The van der Waals surface area contributed by atoms with E-state index in [1.165, 1.54) is 5.56 Å². The molecule has 4 nitrogen and oxygen atoms in total. The maximum Gasteiger partial charge on any atom is 0.160 e. The lowest BCUT2D eigenvalue weighted by Crippen LogP contribution is -1.93. The van der Waals surface area contributed by atoms with Crippen LogP contribution in [0.25, 0.3) is 11.3 Å². The van der Waals surface area contributed by atoms with Crippen molar-refractivity contribution in [3.63, 3.8) is 0 Å². The molecule has 0 unspecified atom stereocenters. The van der Waals surface area contributed by atoms with E-state index in [4.69, 9.17) is 19.2 Å². The molecule has 1 aliphatic rings. The van der Waals surface area contributed by atoms with Gasteiger partial charge in [0.1, 0.15) is 5.75 Å². The van der Waals surface area contributed by atoms with E-state index in [9.17, 15) is 0 Å². The molecule has 0 fully saturated rings. The molecule has 0 aliphatic carbocycles. The summed E-state index contributed by atoms with van der Waals surface area (Å²) in [6.45, 7) is 0.778. The summed E-state index contributed by atoms with van der Waals surface area (Å²) in [4.78, 5) is 4.80. The molecule has 128 valence electrons. The molecule has 0 bridgehead atoms. The van der Waals surface area contributed by atoms with E-state index in [-0.39, 0.29) is 0 Å². The van der Waals surface area contributed by atoms with E-state index in [0.29, 0.717) is 0 Å². The second-order valence-electron chi connectivity index (χ2n) is 5.91. The highest BCUT2D eigenvalue weighted by Gasteiger charge is 2.14. The van der Waals surface area contributed by atoms with Crippen molar-refractivity contribution in [3.05, 3.63) is 57.9 Å². The predicted molar refractivity (Wildman–Crippen MR) is 99.1 cm³/mol. The van der Waals surface area contributed by atoms with Crippen LogP contribution in [-0.2, 0) is 12.8 Å². The fourth-order valence-corrected chi connectivity index (χ4v) is 3.87. The fraction of sp³-hybridized carbons (Fsp3) is 0.250. The number of thiazole rings is 1. The molecule has 0 radical (unpaired) electrons. The second kappa shape index (κ2) is 6.76. The van der Waals surface area contributed by atoms with Crippen LogP contribution in [0.4, 0.5) is 0 Å². The zero-order chi connectivity index (χ0) is 17.2. The number of aromatic nitrogens is 1. The molecular weight excluding hydrogens is 334 g/mol. The Bertz CT molecular complexity index is 904. The van der Waals surface area contributed by atoms with E-state index in [2.05, 4.69) is 23.6 Å². The Morgan fingerprint density at radius 3 is 2.80 bits per heavy atom. The van der Waals surface area contributed by atoms with Crippen LogP contribution in [-0.4, -0.2) is 25.8 Å². The SMILES string of the molecule is COc1ccc(Cc2nc(-c3ccc4c(c3)CCO4)cs2)cc1OC. The zero-order valence-electron chi connectivity index (χ0n) is 14.2. The molecule has 0 saturated carbocycles. The van der Waals surface area contributed by atoms with Gasteiger partial charge in [0.25, 0.3) is 0 Å². The van der Waals surface area contributed by atoms with Gasteiger partial charge in [-0.25, -0.2) is 4.98 Å². The lowest BCUT2D eigenvalue weighted by molar-refractivity contribution is 0.354. The first-order valence-corrected chi connectivity index (χ1v) is 9.06. The van der Waals surface area contributed by atoms with Gasteiger partial charge in [0.15, 0.2) is 11.5 Å². The van der Waals surface area contributed by atoms with Crippen molar-refractivity contribution in [3.8, 4) is 28.5 Å². The second-order valence-corrected chi connectivity index (χ2v) is 6.86. The highest BCUT2D eigenvalue weighted by molar-refractivity contribution is 7.10. The minimum Gasteiger partial charge on any atom is -0.493 e. The van der Waals surface area contributed by atoms with Gasteiger partial charge in [0.05, 0.1) is 31.5 Å². The van der Waals surface area contributed by atoms with Crippen LogP contribution < -0.4 is 14.2 Å². The molecule has 0 spiro atoms. The zero-order valence-corrected chi connectivity index (χ0v) is 15.1. The van der Waals surface area contributed by atoms with E-state index in [1.807, 2.05) is 18.2 Å². The molecule has 2 aromatic carbocycles. The van der Waals surface area contributed by atoms with Crippen LogP contribution >= 0.6 is 11.3 Å². The van der Waals surface area contributed by atoms with Gasteiger partial charge in [-0.05, 0) is 41.5 Å². The summed E-state index contributed by atoms with van der Waals surface area (Å²) in [5, 5.41) is 3.20. The number of hydrogen-bond acceptors (Lipinski definition) is 5. The maximum atomic E-state index is 5.57. The largest absolute Gasteiger partial charge is 0.493 e. The van der Waals surface area contributed by atoms with Crippen LogP contribution in [0.1, 0.15) is 16.1 Å². The first kappa shape index (κ1) is 16.0. The first-order valence-electron chi connectivity index (χ1n) is 8.18. The third-order valence-electron chi connectivity index (χ3n) is 4.34. The molecule has 0 saturated heterocycles. The van der Waals surface area contributed by atoms with Crippen LogP contribution in [0.3, 0.4) is 0 Å². The van der Waals surface area contributed by atoms with Crippen molar-refractivity contribution in [2.75, 3.05) is 20.8 Å². The fourth-order valence-electron chi connectivity index (χ4n) is 3.04. The van der Waals surface area contributed by atoms with Crippen molar-refractivity contribution < 1.29 is 14.2 Å². The molecular formula is C20H19NO3S. The molecule has 4 rings (SSSR count). The lowest BCUT2D eigenvalue weighted by atomic mass is 10.1. The highest BCUT2D eigenvalue weighted by atomic mass is 32.1. The van der Waals surface area contributed by atoms with Crippen LogP contribution in [0, 0.1) is 0 Å². The Morgan fingerprint density at radius 1 is 1.08 bits per heavy atom. The van der Waals surface area contributed by atoms with Gasteiger partial charge in [-0.15, -0.1) is 11.3 Å². The third kappa shape index (κ3) is 3.20. The van der Waals surface area contributed by atoms with Gasteiger partial charge in [-0.2, -0.15) is 0 Å². The molecule has 1 aromatic heterocycles. The number of hydrogen-bond donors (Lipinski definition) is 0. The minimum atomic E-state index is 0.742. The maximum absolute atomic E-state index is 5.57. The Kier molecular flexibility index (Phi) is 4.32. The molecule has 3 aromatic rings. The summed E-state index contributed by atoms with van der Waals surface area (Å²) in [6, 6.07) is 12.3. The number of ether oxygens (including phenoxy) is 3. The van der Waals surface area contributed by atoms with E-state index >= 15 is 0 Å². The van der Waals surface area contributed by atoms with Gasteiger partial charge in [-0.3, -0.25) is 0 Å². The molecule has 0 atom stereocenters.